The smallest absolute Gasteiger partial charge is 0.156 e. The van der Waals surface area contributed by atoms with Crippen LogP contribution in [0.4, 0.5) is 0 Å². The highest BCUT2D eigenvalue weighted by atomic mass is 79.9. The van der Waals surface area contributed by atoms with E-state index in [9.17, 15) is 4.79 Å². The third-order valence-electron chi connectivity index (χ3n) is 1.29. The Morgan fingerprint density at radius 1 is 1.44 bits per heavy atom. The molecule has 9 heavy (non-hydrogen) atoms. The summed E-state index contributed by atoms with van der Waals surface area (Å²) < 4.78 is 0.715. The second kappa shape index (κ2) is 4.74. The Hall–Kier alpha value is -0.110. The lowest BCUT2D eigenvalue weighted by Crippen LogP contribution is -1.83. The number of halogens is 1. The van der Waals surface area contributed by atoms with Crippen LogP contribution in [0.25, 0.3) is 0 Å². The molecule has 0 N–H and O–H groups in total. The van der Waals surface area contributed by atoms with Gasteiger partial charge in [0.05, 0.1) is 4.48 Å². The standard InChI is InChI=1S/C7H11BrO/c1-3-6(4-2)7(8)5-9/h5H,3-4H2,1-2H3. The van der Waals surface area contributed by atoms with Gasteiger partial charge in [0.2, 0.25) is 0 Å². The summed E-state index contributed by atoms with van der Waals surface area (Å²) in [5.41, 5.74) is 1.19. The predicted octanol–water partition coefficient (Wildman–Crippen LogP) is 2.65. The number of hydrogen-bond donors (Lipinski definition) is 0. The van der Waals surface area contributed by atoms with Crippen LogP contribution >= 0.6 is 15.9 Å². The highest BCUT2D eigenvalue weighted by Gasteiger charge is 1.96. The maximum absolute atomic E-state index is 10.2. The highest BCUT2D eigenvalue weighted by molar-refractivity contribution is 9.12. The minimum Gasteiger partial charge on any atom is -0.297 e. The Balaban J connectivity index is 4.17. The van der Waals surface area contributed by atoms with E-state index < -0.39 is 0 Å². The van der Waals surface area contributed by atoms with Crippen LogP contribution < -0.4 is 0 Å². The summed E-state index contributed by atoms with van der Waals surface area (Å²) in [6, 6.07) is 0. The molecule has 0 radical (unpaired) electrons. The first-order chi connectivity index (χ1) is 4.26. The largest absolute Gasteiger partial charge is 0.297 e. The van der Waals surface area contributed by atoms with Crippen LogP contribution in [0.3, 0.4) is 0 Å². The molecule has 52 valence electrons. The van der Waals surface area contributed by atoms with Gasteiger partial charge in [-0.1, -0.05) is 19.4 Å². The zero-order chi connectivity index (χ0) is 7.28. The minimum absolute atomic E-state index is 0.715. The van der Waals surface area contributed by atoms with E-state index in [-0.39, 0.29) is 0 Å². The minimum atomic E-state index is 0.715. The molecule has 0 aliphatic carbocycles. The molecule has 0 unspecified atom stereocenters. The molecule has 0 aromatic heterocycles. The number of carbonyl (C=O) groups excluding carboxylic acids is 1. The normalized spacial score (nSPS) is 8.78. The van der Waals surface area contributed by atoms with Crippen molar-refractivity contribution in [2.75, 3.05) is 0 Å². The topological polar surface area (TPSA) is 17.1 Å². The van der Waals surface area contributed by atoms with E-state index in [2.05, 4.69) is 15.9 Å². The van der Waals surface area contributed by atoms with Gasteiger partial charge in [0, 0.05) is 0 Å². The molecule has 0 saturated carbocycles. The Morgan fingerprint density at radius 3 is 2.00 bits per heavy atom. The third-order valence-corrected chi connectivity index (χ3v) is 2.04. The third kappa shape index (κ3) is 2.80. The molecule has 0 bridgehead atoms. The van der Waals surface area contributed by atoms with Gasteiger partial charge in [-0.25, -0.2) is 0 Å². The van der Waals surface area contributed by atoms with Crippen LogP contribution in [-0.4, -0.2) is 6.29 Å². The van der Waals surface area contributed by atoms with Gasteiger partial charge < -0.3 is 0 Å². The maximum Gasteiger partial charge on any atom is 0.156 e. The molecule has 0 aromatic carbocycles. The lowest BCUT2D eigenvalue weighted by Gasteiger charge is -1.98. The first kappa shape index (κ1) is 8.89. The van der Waals surface area contributed by atoms with Crippen molar-refractivity contribution in [2.45, 2.75) is 26.7 Å². The monoisotopic (exact) mass is 190 g/mol. The van der Waals surface area contributed by atoms with Gasteiger partial charge in [-0.15, -0.1) is 0 Å². The molecule has 0 spiro atoms. The van der Waals surface area contributed by atoms with Crippen molar-refractivity contribution in [2.24, 2.45) is 0 Å². The number of rotatable bonds is 3. The van der Waals surface area contributed by atoms with Crippen molar-refractivity contribution in [3.05, 3.63) is 10.1 Å². The predicted molar refractivity (Wildman–Crippen MR) is 42.6 cm³/mol. The molecule has 1 nitrogen and oxygen atoms in total. The fourth-order valence-corrected chi connectivity index (χ4v) is 1.23. The van der Waals surface area contributed by atoms with E-state index in [1.165, 1.54) is 5.57 Å². The molecule has 0 amide bonds. The van der Waals surface area contributed by atoms with Crippen LogP contribution in [0.2, 0.25) is 0 Å². The molecule has 0 fully saturated rings. The van der Waals surface area contributed by atoms with E-state index in [0.29, 0.717) is 4.48 Å². The Morgan fingerprint density at radius 2 is 1.89 bits per heavy atom. The van der Waals surface area contributed by atoms with Crippen molar-refractivity contribution in [3.63, 3.8) is 0 Å². The van der Waals surface area contributed by atoms with Gasteiger partial charge in [-0.2, -0.15) is 0 Å². The van der Waals surface area contributed by atoms with E-state index in [0.717, 1.165) is 19.1 Å². The molecule has 0 saturated heterocycles. The van der Waals surface area contributed by atoms with Crippen LogP contribution in [0, 0.1) is 0 Å². The van der Waals surface area contributed by atoms with Crippen LogP contribution in [0.15, 0.2) is 10.1 Å². The molecule has 0 atom stereocenters. The summed E-state index contributed by atoms with van der Waals surface area (Å²) in [5.74, 6) is 0. The Bertz CT molecular complexity index is 121. The molecule has 0 aromatic rings. The summed E-state index contributed by atoms with van der Waals surface area (Å²) in [6.45, 7) is 4.09. The molecule has 0 rings (SSSR count). The molecular formula is C7H11BrO. The van der Waals surface area contributed by atoms with Gasteiger partial charge in [0.25, 0.3) is 0 Å². The Kier molecular flexibility index (Phi) is 4.68. The SMILES string of the molecule is CCC(CC)=C(Br)C=O. The van der Waals surface area contributed by atoms with Crippen molar-refractivity contribution >= 4 is 22.2 Å². The first-order valence-corrected chi connectivity index (χ1v) is 3.88. The lowest BCUT2D eigenvalue weighted by molar-refractivity contribution is -0.104. The van der Waals surface area contributed by atoms with Crippen LogP contribution in [0.5, 0.6) is 0 Å². The van der Waals surface area contributed by atoms with Gasteiger partial charge >= 0.3 is 0 Å². The summed E-state index contributed by atoms with van der Waals surface area (Å²) in [4.78, 5) is 10.2. The maximum atomic E-state index is 10.2. The first-order valence-electron chi connectivity index (χ1n) is 3.08. The average Bonchev–Trinajstić information content (AvgIpc) is 1.90. The number of aldehydes is 1. The van der Waals surface area contributed by atoms with Gasteiger partial charge in [-0.05, 0) is 28.8 Å². The van der Waals surface area contributed by atoms with E-state index in [1.807, 2.05) is 13.8 Å². The molecule has 2 heteroatoms. The zero-order valence-electron chi connectivity index (χ0n) is 5.78. The van der Waals surface area contributed by atoms with Gasteiger partial charge in [0.15, 0.2) is 6.29 Å². The van der Waals surface area contributed by atoms with E-state index >= 15 is 0 Å². The summed E-state index contributed by atoms with van der Waals surface area (Å²) >= 11 is 3.18. The molecule has 0 heterocycles. The molecule has 0 aliphatic heterocycles. The van der Waals surface area contributed by atoms with E-state index in [1.54, 1.807) is 0 Å². The molecular weight excluding hydrogens is 180 g/mol. The van der Waals surface area contributed by atoms with Gasteiger partial charge in [0.1, 0.15) is 0 Å². The van der Waals surface area contributed by atoms with Crippen molar-refractivity contribution in [3.8, 4) is 0 Å². The second-order valence-corrected chi connectivity index (χ2v) is 2.63. The summed E-state index contributed by atoms with van der Waals surface area (Å²) in [7, 11) is 0. The highest BCUT2D eigenvalue weighted by Crippen LogP contribution is 2.15. The van der Waals surface area contributed by atoms with E-state index in [4.69, 9.17) is 0 Å². The number of allylic oxidation sites excluding steroid dienone is 2. The average molecular weight is 191 g/mol. The number of carbonyl (C=O) groups is 1. The zero-order valence-corrected chi connectivity index (χ0v) is 7.36. The fraction of sp³-hybridized carbons (Fsp3) is 0.571. The van der Waals surface area contributed by atoms with Crippen LogP contribution in [-0.2, 0) is 4.79 Å². The Labute approximate surface area is 64.3 Å². The van der Waals surface area contributed by atoms with Crippen molar-refractivity contribution in [1.29, 1.82) is 0 Å². The van der Waals surface area contributed by atoms with Gasteiger partial charge in [-0.3, -0.25) is 4.79 Å². The lowest BCUT2D eigenvalue weighted by atomic mass is 10.1. The molecule has 0 aliphatic rings. The second-order valence-electron chi connectivity index (χ2n) is 1.78. The summed E-state index contributed by atoms with van der Waals surface area (Å²) in [5, 5.41) is 0. The van der Waals surface area contributed by atoms with Crippen molar-refractivity contribution < 1.29 is 4.79 Å². The van der Waals surface area contributed by atoms with Crippen LogP contribution in [0.1, 0.15) is 26.7 Å². The number of hydrogen-bond acceptors (Lipinski definition) is 1. The quantitative estimate of drug-likeness (QED) is 0.495. The summed E-state index contributed by atoms with van der Waals surface area (Å²) in [6.07, 6.45) is 2.76. The fourth-order valence-electron chi connectivity index (χ4n) is 0.671. The van der Waals surface area contributed by atoms with Crippen molar-refractivity contribution in [1.82, 2.24) is 0 Å².